The van der Waals surface area contributed by atoms with Gasteiger partial charge in [-0.1, -0.05) is 25.7 Å². The zero-order chi connectivity index (χ0) is 18.5. The van der Waals surface area contributed by atoms with E-state index in [0.29, 0.717) is 24.3 Å². The minimum absolute atomic E-state index is 0.0356. The molecule has 2 unspecified atom stereocenters. The molecule has 2 aromatic heterocycles. The second kappa shape index (κ2) is 8.03. The number of H-pyrrole nitrogens is 1. The number of carboxylic acids is 1. The van der Waals surface area contributed by atoms with Gasteiger partial charge in [-0.2, -0.15) is 0 Å². The predicted octanol–water partition coefficient (Wildman–Crippen LogP) is 2.79. The van der Waals surface area contributed by atoms with Crippen molar-refractivity contribution in [2.45, 2.75) is 44.6 Å². The SMILES string of the molecule is O=C(NC1CCCCCCC1C(=O)O)c1ccc(-c2ccco2)[nH]c1=O. The Bertz CT molecular complexity index is 825. The van der Waals surface area contributed by atoms with Gasteiger partial charge in [0.1, 0.15) is 11.3 Å². The lowest BCUT2D eigenvalue weighted by molar-refractivity contribution is -0.143. The van der Waals surface area contributed by atoms with E-state index in [2.05, 4.69) is 10.3 Å². The van der Waals surface area contributed by atoms with Crippen LogP contribution in [0.15, 0.2) is 39.7 Å². The first-order valence-corrected chi connectivity index (χ1v) is 8.87. The third-order valence-corrected chi connectivity index (χ3v) is 4.84. The molecule has 2 aromatic rings. The van der Waals surface area contributed by atoms with Crippen LogP contribution in [0.1, 0.15) is 48.9 Å². The third-order valence-electron chi connectivity index (χ3n) is 4.84. The van der Waals surface area contributed by atoms with Crippen molar-refractivity contribution in [1.82, 2.24) is 10.3 Å². The van der Waals surface area contributed by atoms with E-state index in [4.69, 9.17) is 4.42 Å². The molecule has 138 valence electrons. The van der Waals surface area contributed by atoms with E-state index in [1.165, 1.54) is 12.3 Å². The lowest BCUT2D eigenvalue weighted by atomic mass is 9.86. The van der Waals surface area contributed by atoms with Gasteiger partial charge in [0.15, 0.2) is 0 Å². The molecule has 2 atom stereocenters. The van der Waals surface area contributed by atoms with E-state index in [1.54, 1.807) is 18.2 Å². The Morgan fingerprint density at radius 1 is 1.12 bits per heavy atom. The number of nitrogens with one attached hydrogen (secondary N) is 2. The number of carbonyl (C=O) groups is 2. The summed E-state index contributed by atoms with van der Waals surface area (Å²) in [4.78, 5) is 39.0. The van der Waals surface area contributed by atoms with Gasteiger partial charge in [0.25, 0.3) is 11.5 Å². The van der Waals surface area contributed by atoms with Gasteiger partial charge in [-0.15, -0.1) is 0 Å². The second-order valence-corrected chi connectivity index (χ2v) is 6.61. The first-order chi connectivity index (χ1) is 12.6. The van der Waals surface area contributed by atoms with Crippen molar-refractivity contribution >= 4 is 11.9 Å². The van der Waals surface area contributed by atoms with E-state index < -0.39 is 29.4 Å². The summed E-state index contributed by atoms with van der Waals surface area (Å²) in [5.74, 6) is -1.57. The molecule has 1 fully saturated rings. The van der Waals surface area contributed by atoms with Gasteiger partial charge in [0.2, 0.25) is 0 Å². The minimum atomic E-state index is -0.903. The maximum Gasteiger partial charge on any atom is 0.308 e. The van der Waals surface area contributed by atoms with Gasteiger partial charge >= 0.3 is 5.97 Å². The van der Waals surface area contributed by atoms with Crippen molar-refractivity contribution in [2.24, 2.45) is 5.92 Å². The summed E-state index contributed by atoms with van der Waals surface area (Å²) in [5, 5.41) is 12.2. The van der Waals surface area contributed by atoms with Crippen LogP contribution in [0.4, 0.5) is 0 Å². The highest BCUT2D eigenvalue weighted by molar-refractivity contribution is 5.94. The number of aliphatic carboxylic acids is 1. The molecule has 0 aromatic carbocycles. The summed E-state index contributed by atoms with van der Waals surface area (Å²) in [6, 6.07) is 5.97. The highest BCUT2D eigenvalue weighted by Crippen LogP contribution is 2.23. The monoisotopic (exact) mass is 358 g/mol. The molecule has 0 bridgehead atoms. The molecule has 0 saturated heterocycles. The zero-order valence-electron chi connectivity index (χ0n) is 14.4. The van der Waals surface area contributed by atoms with Crippen molar-refractivity contribution in [3.05, 3.63) is 46.4 Å². The van der Waals surface area contributed by atoms with Crippen LogP contribution in [-0.4, -0.2) is 28.0 Å². The first-order valence-electron chi connectivity index (χ1n) is 8.87. The highest BCUT2D eigenvalue weighted by atomic mass is 16.4. The summed E-state index contributed by atoms with van der Waals surface area (Å²) in [6.07, 6.45) is 6.37. The van der Waals surface area contributed by atoms with Crippen LogP contribution in [0.3, 0.4) is 0 Å². The lowest BCUT2D eigenvalue weighted by Crippen LogP contribution is -2.45. The number of aromatic nitrogens is 1. The summed E-state index contributed by atoms with van der Waals surface area (Å²) < 4.78 is 5.23. The third kappa shape index (κ3) is 4.04. The zero-order valence-corrected chi connectivity index (χ0v) is 14.4. The Balaban J connectivity index is 1.77. The van der Waals surface area contributed by atoms with Crippen LogP contribution in [-0.2, 0) is 4.79 Å². The Hall–Kier alpha value is -2.83. The van der Waals surface area contributed by atoms with E-state index in [-0.39, 0.29) is 5.56 Å². The second-order valence-electron chi connectivity index (χ2n) is 6.61. The van der Waals surface area contributed by atoms with E-state index in [9.17, 15) is 19.5 Å². The van der Waals surface area contributed by atoms with Gasteiger partial charge < -0.3 is 19.8 Å². The molecule has 1 amide bonds. The molecule has 7 heteroatoms. The number of amides is 1. The highest BCUT2D eigenvalue weighted by Gasteiger charge is 2.30. The molecule has 7 nitrogen and oxygen atoms in total. The minimum Gasteiger partial charge on any atom is -0.481 e. The van der Waals surface area contributed by atoms with Crippen LogP contribution in [0, 0.1) is 5.92 Å². The standard InChI is InChI=1S/C19H22N2O5/c22-17(20-14-7-4-2-1-3-6-12(14)19(24)25)13-9-10-15(21-18(13)23)16-8-5-11-26-16/h5,8-12,14H,1-4,6-7H2,(H,20,22)(H,21,23)(H,24,25). The van der Waals surface area contributed by atoms with Crippen LogP contribution < -0.4 is 10.9 Å². The lowest BCUT2D eigenvalue weighted by Gasteiger charge is -2.27. The molecule has 3 rings (SSSR count). The number of furan rings is 1. The smallest absolute Gasteiger partial charge is 0.308 e. The summed E-state index contributed by atoms with van der Waals surface area (Å²) in [6.45, 7) is 0. The normalized spacial score (nSPS) is 20.8. The fourth-order valence-electron chi connectivity index (χ4n) is 3.43. The van der Waals surface area contributed by atoms with E-state index >= 15 is 0 Å². The summed E-state index contributed by atoms with van der Waals surface area (Å²) >= 11 is 0. The Kier molecular flexibility index (Phi) is 5.55. The predicted molar refractivity (Wildman–Crippen MR) is 94.8 cm³/mol. The van der Waals surface area contributed by atoms with Gasteiger partial charge in [-0.25, -0.2) is 0 Å². The molecular formula is C19H22N2O5. The van der Waals surface area contributed by atoms with Crippen molar-refractivity contribution in [3.8, 4) is 11.5 Å². The number of carbonyl (C=O) groups excluding carboxylic acids is 1. The summed E-state index contributed by atoms with van der Waals surface area (Å²) in [5.41, 5.74) is -0.0912. The van der Waals surface area contributed by atoms with Crippen molar-refractivity contribution in [3.63, 3.8) is 0 Å². The maximum absolute atomic E-state index is 12.6. The van der Waals surface area contributed by atoms with Crippen LogP contribution in [0.2, 0.25) is 0 Å². The number of aromatic amines is 1. The number of hydrogen-bond donors (Lipinski definition) is 3. The quantitative estimate of drug-likeness (QED) is 0.778. The Morgan fingerprint density at radius 2 is 1.88 bits per heavy atom. The molecule has 2 heterocycles. The molecule has 1 saturated carbocycles. The Morgan fingerprint density at radius 3 is 2.54 bits per heavy atom. The summed E-state index contributed by atoms with van der Waals surface area (Å²) in [7, 11) is 0. The molecule has 0 radical (unpaired) electrons. The maximum atomic E-state index is 12.6. The van der Waals surface area contributed by atoms with Crippen LogP contribution >= 0.6 is 0 Å². The van der Waals surface area contributed by atoms with Gasteiger partial charge in [-0.3, -0.25) is 14.4 Å². The van der Waals surface area contributed by atoms with Gasteiger partial charge in [-0.05, 0) is 37.1 Å². The van der Waals surface area contributed by atoms with Crippen LogP contribution in [0.5, 0.6) is 0 Å². The Labute approximate surface area is 150 Å². The average Bonchev–Trinajstić information content (AvgIpc) is 3.11. The largest absolute Gasteiger partial charge is 0.481 e. The number of hydrogen-bond acceptors (Lipinski definition) is 4. The number of pyridine rings is 1. The van der Waals surface area contributed by atoms with Gasteiger partial charge in [0.05, 0.1) is 17.9 Å². The molecule has 0 spiro atoms. The topological polar surface area (TPSA) is 112 Å². The van der Waals surface area contributed by atoms with Crippen molar-refractivity contribution < 1.29 is 19.1 Å². The van der Waals surface area contributed by atoms with Gasteiger partial charge in [0, 0.05) is 6.04 Å². The molecule has 3 N–H and O–H groups in total. The number of carboxylic acid groups (broad SMARTS) is 1. The fourth-order valence-corrected chi connectivity index (χ4v) is 3.43. The van der Waals surface area contributed by atoms with E-state index in [0.717, 1.165) is 25.7 Å². The van der Waals surface area contributed by atoms with Crippen molar-refractivity contribution in [1.29, 1.82) is 0 Å². The van der Waals surface area contributed by atoms with Crippen LogP contribution in [0.25, 0.3) is 11.5 Å². The van der Waals surface area contributed by atoms with Crippen molar-refractivity contribution in [2.75, 3.05) is 0 Å². The average molecular weight is 358 g/mol. The van der Waals surface area contributed by atoms with E-state index in [1.807, 2.05) is 0 Å². The molecule has 1 aliphatic rings. The molecule has 0 aliphatic heterocycles. The number of rotatable bonds is 4. The first kappa shape index (κ1) is 18.0. The fraction of sp³-hybridized carbons (Fsp3) is 0.421. The molecule has 26 heavy (non-hydrogen) atoms. The molecular weight excluding hydrogens is 336 g/mol. The molecule has 1 aliphatic carbocycles.